The molecule has 0 aliphatic heterocycles. The van der Waals surface area contributed by atoms with Crippen LogP contribution in [0, 0.1) is 5.82 Å². The van der Waals surface area contributed by atoms with Gasteiger partial charge in [-0.15, -0.1) is 11.3 Å². The molecule has 2 N–H and O–H groups in total. The maximum Gasteiger partial charge on any atom is 0.137 e. The molecule has 1 heterocycles. The lowest BCUT2D eigenvalue weighted by Crippen LogP contribution is -2.12. The van der Waals surface area contributed by atoms with E-state index < -0.39 is 0 Å². The van der Waals surface area contributed by atoms with E-state index in [0.717, 1.165) is 14.8 Å². The van der Waals surface area contributed by atoms with Crippen LogP contribution in [0.15, 0.2) is 34.8 Å². The van der Waals surface area contributed by atoms with Gasteiger partial charge < -0.3 is 5.73 Å². The largest absolute Gasteiger partial charge is 0.324 e. The lowest BCUT2D eigenvalue weighted by Gasteiger charge is -2.11. The van der Waals surface area contributed by atoms with E-state index in [0.29, 0.717) is 10.9 Å². The molecule has 0 bridgehead atoms. The minimum absolute atomic E-state index is 0.151. The smallest absolute Gasteiger partial charge is 0.137 e. The molecule has 0 spiro atoms. The summed E-state index contributed by atoms with van der Waals surface area (Å²) in [5.74, 6) is -0.278. The van der Waals surface area contributed by atoms with Gasteiger partial charge in [-0.25, -0.2) is 4.39 Å². The van der Waals surface area contributed by atoms with Gasteiger partial charge in [-0.3, -0.25) is 0 Å². The molecule has 5 heteroatoms. The second-order valence-electron chi connectivity index (χ2n) is 3.69. The molecule has 0 aliphatic rings. The van der Waals surface area contributed by atoms with Gasteiger partial charge in [-0.2, -0.15) is 0 Å². The summed E-state index contributed by atoms with van der Waals surface area (Å²) in [6, 6.07) is 8.51. The first-order valence-corrected chi connectivity index (χ1v) is 7.00. The summed E-state index contributed by atoms with van der Waals surface area (Å²) in [6.45, 7) is 0. The number of hydrogen-bond acceptors (Lipinski definition) is 2. The van der Waals surface area contributed by atoms with Crippen LogP contribution in [0.5, 0.6) is 0 Å². The summed E-state index contributed by atoms with van der Waals surface area (Å²) < 4.78 is 14.3. The number of thiophene rings is 1. The van der Waals surface area contributed by atoms with Gasteiger partial charge in [0.05, 0.1) is 8.81 Å². The molecule has 0 saturated carbocycles. The summed E-state index contributed by atoms with van der Waals surface area (Å²) in [5, 5.41) is 0. The minimum Gasteiger partial charge on any atom is -0.324 e. The number of benzene rings is 1. The highest BCUT2D eigenvalue weighted by Crippen LogP contribution is 2.27. The first-order chi connectivity index (χ1) is 8.06. The van der Waals surface area contributed by atoms with Crippen LogP contribution in [0.2, 0.25) is 4.34 Å². The fourth-order valence-corrected chi connectivity index (χ4v) is 3.08. The van der Waals surface area contributed by atoms with Crippen molar-refractivity contribution in [1.29, 1.82) is 0 Å². The average Bonchev–Trinajstić information content (AvgIpc) is 2.68. The lowest BCUT2D eigenvalue weighted by atomic mass is 10.0. The van der Waals surface area contributed by atoms with Crippen molar-refractivity contribution < 1.29 is 4.39 Å². The van der Waals surface area contributed by atoms with E-state index in [1.807, 2.05) is 12.1 Å². The van der Waals surface area contributed by atoms with Crippen LogP contribution in [-0.2, 0) is 6.42 Å². The minimum atomic E-state index is -0.278. The van der Waals surface area contributed by atoms with Gasteiger partial charge >= 0.3 is 0 Å². The third-order valence-electron chi connectivity index (χ3n) is 2.42. The van der Waals surface area contributed by atoms with E-state index in [1.54, 1.807) is 12.1 Å². The van der Waals surface area contributed by atoms with Gasteiger partial charge in [0, 0.05) is 17.3 Å². The van der Waals surface area contributed by atoms with E-state index in [2.05, 4.69) is 15.9 Å². The van der Waals surface area contributed by atoms with E-state index in [4.69, 9.17) is 17.3 Å². The molecule has 1 atom stereocenters. The van der Waals surface area contributed by atoms with Crippen LogP contribution in [0.1, 0.15) is 16.5 Å². The molecule has 1 unspecified atom stereocenters. The Morgan fingerprint density at radius 3 is 2.71 bits per heavy atom. The van der Waals surface area contributed by atoms with Crippen molar-refractivity contribution >= 4 is 38.9 Å². The van der Waals surface area contributed by atoms with E-state index in [1.165, 1.54) is 17.4 Å². The summed E-state index contributed by atoms with van der Waals surface area (Å²) in [4.78, 5) is 1.13. The van der Waals surface area contributed by atoms with E-state index >= 15 is 0 Å². The second kappa shape index (κ2) is 5.48. The molecule has 17 heavy (non-hydrogen) atoms. The predicted molar refractivity (Wildman–Crippen MR) is 74.1 cm³/mol. The lowest BCUT2D eigenvalue weighted by molar-refractivity contribution is 0.617. The van der Waals surface area contributed by atoms with Gasteiger partial charge in [0.1, 0.15) is 5.82 Å². The molecule has 0 aliphatic carbocycles. The van der Waals surface area contributed by atoms with Crippen LogP contribution in [-0.4, -0.2) is 0 Å². The number of nitrogens with two attached hydrogens (primary N) is 1. The first kappa shape index (κ1) is 13.0. The molecule has 0 radical (unpaired) electrons. The molecule has 0 fully saturated rings. The van der Waals surface area contributed by atoms with Gasteiger partial charge in [0.25, 0.3) is 0 Å². The van der Waals surface area contributed by atoms with Crippen LogP contribution in [0.25, 0.3) is 0 Å². The van der Waals surface area contributed by atoms with E-state index in [9.17, 15) is 4.39 Å². The average molecular weight is 335 g/mol. The van der Waals surface area contributed by atoms with Crippen LogP contribution in [0.4, 0.5) is 4.39 Å². The quantitative estimate of drug-likeness (QED) is 0.876. The van der Waals surface area contributed by atoms with Gasteiger partial charge in [-0.1, -0.05) is 17.7 Å². The third-order valence-corrected chi connectivity index (χ3v) is 4.28. The SMILES string of the molecule is NC(Cc1ccc(Cl)s1)c1ccc(F)c(Br)c1. The zero-order valence-corrected chi connectivity index (χ0v) is 11.9. The fourth-order valence-electron chi connectivity index (χ4n) is 1.54. The molecule has 1 aromatic carbocycles. The molecule has 2 aromatic rings. The van der Waals surface area contributed by atoms with Crippen molar-refractivity contribution in [2.45, 2.75) is 12.5 Å². The summed E-state index contributed by atoms with van der Waals surface area (Å²) >= 11 is 10.5. The zero-order valence-electron chi connectivity index (χ0n) is 8.79. The summed E-state index contributed by atoms with van der Waals surface area (Å²) in [6.07, 6.45) is 0.704. The monoisotopic (exact) mass is 333 g/mol. The third kappa shape index (κ3) is 3.28. The van der Waals surface area contributed by atoms with Crippen molar-refractivity contribution in [1.82, 2.24) is 0 Å². The van der Waals surface area contributed by atoms with Crippen LogP contribution in [0.3, 0.4) is 0 Å². The zero-order chi connectivity index (χ0) is 12.4. The van der Waals surface area contributed by atoms with Gasteiger partial charge in [0.2, 0.25) is 0 Å². The highest BCUT2D eigenvalue weighted by molar-refractivity contribution is 9.10. The number of halogens is 3. The first-order valence-electron chi connectivity index (χ1n) is 5.01. The van der Waals surface area contributed by atoms with Crippen molar-refractivity contribution in [3.05, 3.63) is 55.4 Å². The standard InChI is InChI=1S/C12H10BrClFNS/c13-9-5-7(1-3-10(9)15)11(16)6-8-2-4-12(14)17-8/h1-5,11H,6,16H2. The summed E-state index contributed by atoms with van der Waals surface area (Å²) in [5.41, 5.74) is 6.98. The number of rotatable bonds is 3. The normalized spacial score (nSPS) is 12.7. The second-order valence-corrected chi connectivity index (χ2v) is 6.34. The van der Waals surface area contributed by atoms with E-state index in [-0.39, 0.29) is 11.9 Å². The Morgan fingerprint density at radius 1 is 1.35 bits per heavy atom. The van der Waals surface area contributed by atoms with Gasteiger partial charge in [-0.05, 0) is 45.8 Å². The predicted octanol–water partition coefficient (Wildman–Crippen LogP) is 4.55. The Morgan fingerprint density at radius 2 is 2.12 bits per heavy atom. The van der Waals surface area contributed by atoms with Gasteiger partial charge in [0.15, 0.2) is 0 Å². The highest BCUT2D eigenvalue weighted by Gasteiger charge is 2.10. The van der Waals surface area contributed by atoms with Crippen LogP contribution >= 0.6 is 38.9 Å². The Bertz CT molecular complexity index is 529. The molecular weight excluding hydrogens is 325 g/mol. The molecular formula is C12H10BrClFNS. The Balaban J connectivity index is 2.14. The van der Waals surface area contributed by atoms with Crippen molar-refractivity contribution in [3.8, 4) is 0 Å². The van der Waals surface area contributed by atoms with Crippen molar-refractivity contribution in [3.63, 3.8) is 0 Å². The maximum atomic E-state index is 13.1. The number of hydrogen-bond donors (Lipinski definition) is 1. The highest BCUT2D eigenvalue weighted by atomic mass is 79.9. The summed E-state index contributed by atoms with van der Waals surface area (Å²) in [7, 11) is 0. The molecule has 1 nitrogen and oxygen atoms in total. The Kier molecular flexibility index (Phi) is 4.20. The molecule has 0 amide bonds. The molecule has 2 rings (SSSR count). The maximum absolute atomic E-state index is 13.1. The van der Waals surface area contributed by atoms with Crippen molar-refractivity contribution in [2.24, 2.45) is 5.73 Å². The Hall–Kier alpha value is -0.420. The molecule has 1 aromatic heterocycles. The topological polar surface area (TPSA) is 26.0 Å². The molecule has 0 saturated heterocycles. The molecule has 90 valence electrons. The van der Waals surface area contributed by atoms with Crippen molar-refractivity contribution in [2.75, 3.05) is 0 Å². The fraction of sp³-hybridized carbons (Fsp3) is 0.167. The van der Waals surface area contributed by atoms with Crippen LogP contribution < -0.4 is 5.73 Å². The Labute approximate surface area is 117 Å².